The first-order valence-corrected chi connectivity index (χ1v) is 5.40. The van der Waals surface area contributed by atoms with Gasteiger partial charge in [0.1, 0.15) is 0 Å². The number of amides is 1. The zero-order valence-electron chi connectivity index (χ0n) is 8.54. The number of nitrogens with zero attached hydrogens (tertiary/aromatic N) is 1. The molecule has 4 N–H and O–H groups in total. The molecule has 4 heteroatoms. The van der Waals surface area contributed by atoms with E-state index in [4.69, 9.17) is 11.5 Å². The van der Waals surface area contributed by atoms with Gasteiger partial charge in [0.15, 0.2) is 0 Å². The van der Waals surface area contributed by atoms with Gasteiger partial charge in [-0.2, -0.15) is 0 Å². The fourth-order valence-electron chi connectivity index (χ4n) is 2.86. The largest absolute Gasteiger partial charge is 0.370 e. The molecule has 0 aromatic heterocycles. The number of hydrogen-bond acceptors (Lipinski definition) is 3. The third-order valence-corrected chi connectivity index (χ3v) is 3.80. The van der Waals surface area contributed by atoms with Gasteiger partial charge < -0.3 is 16.4 Å². The Morgan fingerprint density at radius 1 is 1.36 bits per heavy atom. The predicted molar refractivity (Wildman–Crippen MR) is 54.5 cm³/mol. The van der Waals surface area contributed by atoms with Crippen molar-refractivity contribution in [1.82, 2.24) is 4.90 Å². The molecule has 3 heterocycles. The van der Waals surface area contributed by atoms with Crippen molar-refractivity contribution in [2.75, 3.05) is 19.6 Å². The van der Waals surface area contributed by atoms with E-state index in [0.29, 0.717) is 12.3 Å². The van der Waals surface area contributed by atoms with Crippen molar-refractivity contribution < 1.29 is 4.79 Å². The molecule has 3 aliphatic heterocycles. The van der Waals surface area contributed by atoms with Crippen LogP contribution in [0.3, 0.4) is 0 Å². The Morgan fingerprint density at radius 2 is 2.00 bits per heavy atom. The van der Waals surface area contributed by atoms with Crippen LogP contribution in [0.25, 0.3) is 0 Å². The van der Waals surface area contributed by atoms with Crippen LogP contribution in [0, 0.1) is 5.92 Å². The molecule has 0 aromatic rings. The number of fused-ring (bicyclic) bond motifs is 4. The summed E-state index contributed by atoms with van der Waals surface area (Å²) in [5.41, 5.74) is 11.2. The molecule has 0 radical (unpaired) electrons. The van der Waals surface area contributed by atoms with Crippen LogP contribution in [0.5, 0.6) is 0 Å². The Bertz CT molecular complexity index is 236. The molecule has 0 saturated carbocycles. The van der Waals surface area contributed by atoms with Crippen LogP contribution in [0.1, 0.15) is 25.7 Å². The van der Waals surface area contributed by atoms with Crippen molar-refractivity contribution in [2.24, 2.45) is 17.4 Å². The second-order valence-corrected chi connectivity index (χ2v) is 4.74. The average Bonchev–Trinajstić information content (AvgIpc) is 2.36. The lowest BCUT2D eigenvalue weighted by molar-refractivity contribution is -0.119. The Hall–Kier alpha value is -0.610. The SMILES string of the molecule is NC(=O)CC1(N)CCN2CCC1CC2. The lowest BCUT2D eigenvalue weighted by Crippen LogP contribution is -2.50. The molecule has 0 spiro atoms. The average molecular weight is 197 g/mol. The molecule has 80 valence electrons. The zero-order chi connectivity index (χ0) is 10.2. The number of piperidine rings is 1. The molecular formula is C10H19N3O. The van der Waals surface area contributed by atoms with E-state index < -0.39 is 0 Å². The number of nitrogens with two attached hydrogens (primary N) is 2. The fourth-order valence-corrected chi connectivity index (χ4v) is 2.86. The summed E-state index contributed by atoms with van der Waals surface area (Å²) in [5, 5.41) is 0. The Balaban J connectivity index is 2.12. The lowest BCUT2D eigenvalue weighted by Gasteiger charge is -2.35. The van der Waals surface area contributed by atoms with Gasteiger partial charge in [0.2, 0.25) is 5.91 Å². The van der Waals surface area contributed by atoms with E-state index in [0.717, 1.165) is 38.9 Å². The van der Waals surface area contributed by atoms with Gasteiger partial charge in [-0.25, -0.2) is 0 Å². The molecule has 2 bridgehead atoms. The number of primary amides is 1. The first kappa shape index (κ1) is 9.93. The van der Waals surface area contributed by atoms with Crippen LogP contribution >= 0.6 is 0 Å². The minimum atomic E-state index is -0.322. The summed E-state index contributed by atoms with van der Waals surface area (Å²) in [6.45, 7) is 3.31. The summed E-state index contributed by atoms with van der Waals surface area (Å²) >= 11 is 0. The minimum absolute atomic E-state index is 0.257. The molecule has 0 aromatic carbocycles. The molecule has 3 rings (SSSR count). The topological polar surface area (TPSA) is 72.3 Å². The van der Waals surface area contributed by atoms with Crippen molar-refractivity contribution >= 4 is 5.91 Å². The maximum atomic E-state index is 11.0. The van der Waals surface area contributed by atoms with Gasteiger partial charge >= 0.3 is 0 Å². The van der Waals surface area contributed by atoms with Crippen LogP contribution in [-0.2, 0) is 4.79 Å². The van der Waals surface area contributed by atoms with E-state index in [2.05, 4.69) is 4.90 Å². The van der Waals surface area contributed by atoms with Crippen molar-refractivity contribution in [3.8, 4) is 0 Å². The van der Waals surface area contributed by atoms with E-state index in [1.807, 2.05) is 0 Å². The van der Waals surface area contributed by atoms with Gasteiger partial charge in [-0.15, -0.1) is 0 Å². The third-order valence-electron chi connectivity index (χ3n) is 3.80. The van der Waals surface area contributed by atoms with Gasteiger partial charge in [-0.1, -0.05) is 0 Å². The maximum Gasteiger partial charge on any atom is 0.219 e. The Labute approximate surface area is 84.6 Å². The molecule has 3 aliphatic rings. The minimum Gasteiger partial charge on any atom is -0.370 e. The quantitative estimate of drug-likeness (QED) is 0.637. The molecule has 1 amide bonds. The summed E-state index contributed by atoms with van der Waals surface area (Å²) in [6.07, 6.45) is 3.53. The summed E-state index contributed by atoms with van der Waals surface area (Å²) in [7, 11) is 0. The van der Waals surface area contributed by atoms with Crippen LogP contribution in [0.2, 0.25) is 0 Å². The summed E-state index contributed by atoms with van der Waals surface area (Å²) in [5.74, 6) is 0.238. The van der Waals surface area contributed by atoms with Gasteiger partial charge in [-0.3, -0.25) is 4.79 Å². The zero-order valence-corrected chi connectivity index (χ0v) is 8.54. The number of carbonyl (C=O) groups is 1. The molecule has 1 atom stereocenters. The second kappa shape index (κ2) is 3.51. The summed E-state index contributed by atoms with van der Waals surface area (Å²) < 4.78 is 0. The highest BCUT2D eigenvalue weighted by atomic mass is 16.1. The van der Waals surface area contributed by atoms with Gasteiger partial charge in [0.25, 0.3) is 0 Å². The van der Waals surface area contributed by atoms with Gasteiger partial charge in [0, 0.05) is 12.0 Å². The Kier molecular flexibility index (Phi) is 2.49. The van der Waals surface area contributed by atoms with Crippen molar-refractivity contribution in [3.63, 3.8) is 0 Å². The van der Waals surface area contributed by atoms with E-state index in [1.54, 1.807) is 0 Å². The van der Waals surface area contributed by atoms with Crippen molar-refractivity contribution in [1.29, 1.82) is 0 Å². The molecular weight excluding hydrogens is 178 g/mol. The smallest absolute Gasteiger partial charge is 0.219 e. The van der Waals surface area contributed by atoms with Crippen LogP contribution in [0.15, 0.2) is 0 Å². The van der Waals surface area contributed by atoms with Crippen LogP contribution < -0.4 is 11.5 Å². The highest BCUT2D eigenvalue weighted by Gasteiger charge is 2.41. The van der Waals surface area contributed by atoms with Gasteiger partial charge in [0.05, 0.1) is 0 Å². The summed E-state index contributed by atoms with van der Waals surface area (Å²) in [6, 6.07) is 0. The first-order valence-electron chi connectivity index (χ1n) is 5.40. The maximum absolute atomic E-state index is 11.0. The Morgan fingerprint density at radius 3 is 2.57 bits per heavy atom. The third kappa shape index (κ3) is 1.77. The molecule has 3 fully saturated rings. The number of rotatable bonds is 2. The van der Waals surface area contributed by atoms with E-state index in [1.165, 1.54) is 0 Å². The van der Waals surface area contributed by atoms with Crippen LogP contribution in [-0.4, -0.2) is 36.0 Å². The molecule has 0 aliphatic carbocycles. The second-order valence-electron chi connectivity index (χ2n) is 4.74. The number of carbonyl (C=O) groups excluding carboxylic acids is 1. The van der Waals surface area contributed by atoms with Crippen LogP contribution in [0.4, 0.5) is 0 Å². The summed E-state index contributed by atoms with van der Waals surface area (Å²) in [4.78, 5) is 13.4. The molecule has 1 unspecified atom stereocenters. The normalized spacial score (nSPS) is 42.1. The van der Waals surface area contributed by atoms with Crippen molar-refractivity contribution in [2.45, 2.75) is 31.2 Å². The highest BCUT2D eigenvalue weighted by Crippen LogP contribution is 2.35. The molecule has 3 saturated heterocycles. The van der Waals surface area contributed by atoms with E-state index >= 15 is 0 Å². The van der Waals surface area contributed by atoms with E-state index in [-0.39, 0.29) is 11.4 Å². The van der Waals surface area contributed by atoms with E-state index in [9.17, 15) is 4.79 Å². The molecule has 4 nitrogen and oxygen atoms in total. The standard InChI is InChI=1S/C10H19N3O/c11-9(14)7-10(12)3-6-13-4-1-8(10)2-5-13/h8H,1-7,12H2,(H2,11,14). The monoisotopic (exact) mass is 197 g/mol. The van der Waals surface area contributed by atoms with Crippen molar-refractivity contribution in [3.05, 3.63) is 0 Å². The lowest BCUT2D eigenvalue weighted by atomic mass is 9.76. The fraction of sp³-hybridized carbons (Fsp3) is 0.900. The first-order chi connectivity index (χ1) is 6.60. The molecule has 14 heavy (non-hydrogen) atoms. The van der Waals surface area contributed by atoms with Gasteiger partial charge in [-0.05, 0) is 44.8 Å². The number of hydrogen-bond donors (Lipinski definition) is 2. The predicted octanol–water partition coefficient (Wildman–Crippen LogP) is -0.325. The highest BCUT2D eigenvalue weighted by molar-refractivity contribution is 5.75.